The lowest BCUT2D eigenvalue weighted by Crippen LogP contribution is -2.40. The molecule has 2 rings (SSSR count). The number of nitrogens with one attached hydrogen (secondary N) is 2. The summed E-state index contributed by atoms with van der Waals surface area (Å²) in [6, 6.07) is 3.92. The van der Waals surface area contributed by atoms with Crippen LogP contribution < -0.4 is 15.5 Å². The lowest BCUT2D eigenvalue weighted by Gasteiger charge is -2.23. The zero-order chi connectivity index (χ0) is 15.9. The highest BCUT2D eigenvalue weighted by atomic mass is 79.9. The number of ether oxygens (including phenoxy) is 1. The topological polar surface area (TPSA) is 65.9 Å². The van der Waals surface area contributed by atoms with Crippen molar-refractivity contribution in [1.29, 1.82) is 0 Å². The molecule has 0 heterocycles. The highest BCUT2D eigenvalue weighted by Gasteiger charge is 2.13. The number of aromatic hydroxyl groups is 1. The van der Waals surface area contributed by atoms with Crippen molar-refractivity contribution in [1.82, 2.24) is 10.7 Å². The van der Waals surface area contributed by atoms with Gasteiger partial charge in [-0.05, 0) is 53.1 Å². The molecular weight excluding hydrogens is 366 g/mol. The number of halogens is 1. The third kappa shape index (κ3) is 4.58. The number of phenolic OH excluding ortho intramolecular Hbond substituents is 1. The van der Waals surface area contributed by atoms with Gasteiger partial charge in [-0.15, -0.1) is 0 Å². The van der Waals surface area contributed by atoms with Crippen LogP contribution in [0.4, 0.5) is 0 Å². The highest BCUT2D eigenvalue weighted by molar-refractivity contribution is 9.10. The molecule has 0 aliphatic heterocycles. The van der Waals surface area contributed by atoms with E-state index in [2.05, 4.69) is 31.8 Å². The number of nitrogens with zero attached hydrogens (tertiary/aromatic N) is 1. The van der Waals surface area contributed by atoms with Gasteiger partial charge in [-0.25, -0.2) is 0 Å². The van der Waals surface area contributed by atoms with E-state index in [0.717, 1.165) is 18.4 Å². The van der Waals surface area contributed by atoms with E-state index in [0.29, 0.717) is 21.4 Å². The third-order valence-corrected chi connectivity index (χ3v) is 4.68. The number of hydrogen-bond acceptors (Lipinski definition) is 4. The smallest absolute Gasteiger partial charge is 0.187 e. The molecule has 1 aromatic rings. The fourth-order valence-corrected chi connectivity index (χ4v) is 3.10. The van der Waals surface area contributed by atoms with Crippen LogP contribution in [-0.2, 0) is 0 Å². The molecule has 120 valence electrons. The van der Waals surface area contributed by atoms with Crippen LogP contribution in [0.1, 0.15) is 37.7 Å². The number of phenols is 1. The van der Waals surface area contributed by atoms with Gasteiger partial charge in [0.25, 0.3) is 0 Å². The molecule has 1 saturated carbocycles. The number of hydrazone groups is 1. The maximum absolute atomic E-state index is 9.91. The van der Waals surface area contributed by atoms with Crippen LogP contribution in [-0.4, -0.2) is 29.6 Å². The minimum absolute atomic E-state index is 0.0503. The van der Waals surface area contributed by atoms with Crippen molar-refractivity contribution in [2.24, 2.45) is 5.10 Å². The summed E-state index contributed by atoms with van der Waals surface area (Å²) in [5, 5.41) is 17.8. The van der Waals surface area contributed by atoms with Gasteiger partial charge in [0, 0.05) is 11.6 Å². The van der Waals surface area contributed by atoms with Gasteiger partial charge in [-0.1, -0.05) is 19.3 Å². The predicted molar refractivity (Wildman–Crippen MR) is 95.7 cm³/mol. The Labute approximate surface area is 144 Å². The summed E-state index contributed by atoms with van der Waals surface area (Å²) < 4.78 is 5.57. The van der Waals surface area contributed by atoms with Gasteiger partial charge < -0.3 is 15.2 Å². The minimum Gasteiger partial charge on any atom is -0.503 e. The first-order valence-electron chi connectivity index (χ1n) is 7.27. The molecule has 0 atom stereocenters. The Morgan fingerprint density at radius 3 is 2.82 bits per heavy atom. The van der Waals surface area contributed by atoms with Crippen molar-refractivity contribution >= 4 is 39.5 Å². The molecule has 1 aromatic carbocycles. The molecule has 0 amide bonds. The molecule has 7 heteroatoms. The SMILES string of the molecule is COc1ccc(/C=N\NC(=S)NC2CCCCC2)c(Br)c1O. The van der Waals surface area contributed by atoms with Crippen LogP contribution in [0, 0.1) is 0 Å². The van der Waals surface area contributed by atoms with Crippen molar-refractivity contribution in [3.63, 3.8) is 0 Å². The maximum Gasteiger partial charge on any atom is 0.187 e. The zero-order valence-corrected chi connectivity index (χ0v) is 14.8. The van der Waals surface area contributed by atoms with Crippen LogP contribution in [0.15, 0.2) is 21.7 Å². The van der Waals surface area contributed by atoms with Gasteiger partial charge in [-0.2, -0.15) is 5.10 Å². The average Bonchev–Trinajstić information content (AvgIpc) is 2.52. The summed E-state index contributed by atoms with van der Waals surface area (Å²) in [6.07, 6.45) is 7.72. The van der Waals surface area contributed by atoms with Crippen LogP contribution >= 0.6 is 28.1 Å². The minimum atomic E-state index is 0.0503. The van der Waals surface area contributed by atoms with Crippen LogP contribution in [0.2, 0.25) is 0 Å². The van der Waals surface area contributed by atoms with Gasteiger partial charge in [0.05, 0.1) is 17.8 Å². The molecule has 1 aliphatic rings. The molecule has 0 saturated heterocycles. The molecule has 0 radical (unpaired) electrons. The van der Waals surface area contributed by atoms with E-state index < -0.39 is 0 Å². The molecule has 3 N–H and O–H groups in total. The first-order valence-corrected chi connectivity index (χ1v) is 8.47. The van der Waals surface area contributed by atoms with Gasteiger partial charge in [0.15, 0.2) is 16.6 Å². The van der Waals surface area contributed by atoms with E-state index in [4.69, 9.17) is 17.0 Å². The van der Waals surface area contributed by atoms with E-state index in [1.165, 1.54) is 26.4 Å². The van der Waals surface area contributed by atoms with E-state index in [1.54, 1.807) is 18.3 Å². The van der Waals surface area contributed by atoms with Gasteiger partial charge in [0.1, 0.15) is 0 Å². The van der Waals surface area contributed by atoms with E-state index in [9.17, 15) is 5.11 Å². The predicted octanol–water partition coefficient (Wildman–Crippen LogP) is 3.29. The standard InChI is InChI=1S/C15H20BrN3O2S/c1-21-12-8-7-10(13(16)14(12)20)9-17-19-15(22)18-11-5-3-2-4-6-11/h7-9,11,20H,2-6H2,1H3,(H2,18,19,22)/b17-9-. The normalized spacial score (nSPS) is 15.7. The number of rotatable bonds is 4. The Kier molecular flexibility index (Phi) is 6.45. The molecule has 1 aliphatic carbocycles. The van der Waals surface area contributed by atoms with E-state index in [-0.39, 0.29) is 5.75 Å². The summed E-state index contributed by atoms with van der Waals surface area (Å²) in [4.78, 5) is 0. The lowest BCUT2D eigenvalue weighted by atomic mass is 9.96. The van der Waals surface area contributed by atoms with Crippen molar-refractivity contribution in [2.45, 2.75) is 38.1 Å². The Hall–Kier alpha value is -1.34. The fraction of sp³-hybridized carbons (Fsp3) is 0.467. The third-order valence-electron chi connectivity index (χ3n) is 3.64. The van der Waals surface area contributed by atoms with E-state index in [1.807, 2.05) is 0 Å². The molecule has 5 nitrogen and oxygen atoms in total. The molecule has 0 unspecified atom stereocenters. The second kappa shape index (κ2) is 8.33. The Bertz CT molecular complexity index is 560. The molecule has 22 heavy (non-hydrogen) atoms. The van der Waals surface area contributed by atoms with Crippen LogP contribution in [0.25, 0.3) is 0 Å². The highest BCUT2D eigenvalue weighted by Crippen LogP contribution is 2.35. The average molecular weight is 386 g/mol. The Balaban J connectivity index is 1.89. The van der Waals surface area contributed by atoms with Crippen molar-refractivity contribution in [3.8, 4) is 11.5 Å². The fourth-order valence-electron chi connectivity index (χ4n) is 2.45. The van der Waals surface area contributed by atoms with Crippen molar-refractivity contribution in [3.05, 3.63) is 22.2 Å². The number of methoxy groups -OCH3 is 1. The maximum atomic E-state index is 9.91. The Morgan fingerprint density at radius 2 is 2.14 bits per heavy atom. The van der Waals surface area contributed by atoms with Crippen LogP contribution in [0.3, 0.4) is 0 Å². The lowest BCUT2D eigenvalue weighted by molar-refractivity contribution is 0.372. The van der Waals surface area contributed by atoms with E-state index >= 15 is 0 Å². The largest absolute Gasteiger partial charge is 0.503 e. The van der Waals surface area contributed by atoms with Gasteiger partial charge in [-0.3, -0.25) is 5.43 Å². The second-order valence-electron chi connectivity index (χ2n) is 5.20. The van der Waals surface area contributed by atoms with Crippen molar-refractivity contribution in [2.75, 3.05) is 7.11 Å². The second-order valence-corrected chi connectivity index (χ2v) is 6.40. The molecule has 0 bridgehead atoms. The molecule has 0 aromatic heterocycles. The Morgan fingerprint density at radius 1 is 1.41 bits per heavy atom. The number of benzene rings is 1. The summed E-state index contributed by atoms with van der Waals surface area (Å²) in [5.41, 5.74) is 3.54. The first-order chi connectivity index (χ1) is 10.6. The summed E-state index contributed by atoms with van der Waals surface area (Å²) in [7, 11) is 1.51. The van der Waals surface area contributed by atoms with Gasteiger partial charge >= 0.3 is 0 Å². The first kappa shape index (κ1) is 17.0. The van der Waals surface area contributed by atoms with Crippen LogP contribution in [0.5, 0.6) is 11.5 Å². The van der Waals surface area contributed by atoms with Crippen molar-refractivity contribution < 1.29 is 9.84 Å². The summed E-state index contributed by atoms with van der Waals surface area (Å²) >= 11 is 8.55. The zero-order valence-electron chi connectivity index (χ0n) is 12.4. The van der Waals surface area contributed by atoms with Gasteiger partial charge in [0.2, 0.25) is 0 Å². The molecule has 0 spiro atoms. The monoisotopic (exact) mass is 385 g/mol. The summed E-state index contributed by atoms with van der Waals surface area (Å²) in [6.45, 7) is 0. The summed E-state index contributed by atoms with van der Waals surface area (Å²) in [5.74, 6) is 0.459. The number of thiocarbonyl (C=S) groups is 1. The quantitative estimate of drug-likeness (QED) is 0.421. The molecule has 1 fully saturated rings. The molecular formula is C15H20BrN3O2S. The number of hydrogen-bond donors (Lipinski definition) is 3.